The fourth-order valence-corrected chi connectivity index (χ4v) is 2.72. The van der Waals surface area contributed by atoms with Crippen LogP contribution in [0.1, 0.15) is 12.0 Å². The highest BCUT2D eigenvalue weighted by Gasteiger charge is 2.17. The van der Waals surface area contributed by atoms with Crippen molar-refractivity contribution in [1.29, 1.82) is 0 Å². The van der Waals surface area contributed by atoms with Gasteiger partial charge in [0.25, 0.3) is 0 Å². The van der Waals surface area contributed by atoms with Crippen LogP contribution in [-0.2, 0) is 4.74 Å². The van der Waals surface area contributed by atoms with Crippen LogP contribution >= 0.6 is 11.8 Å². The van der Waals surface area contributed by atoms with Crippen LogP contribution in [-0.4, -0.2) is 18.5 Å². The number of nitrogens with two attached hydrogens (primary N) is 1. The van der Waals surface area contributed by atoms with E-state index >= 15 is 0 Å². The van der Waals surface area contributed by atoms with E-state index in [1.807, 2.05) is 23.9 Å². The van der Waals surface area contributed by atoms with Gasteiger partial charge >= 0.3 is 0 Å². The fourth-order valence-electron chi connectivity index (χ4n) is 1.53. The van der Waals surface area contributed by atoms with E-state index in [-0.39, 0.29) is 0 Å². The SMILES string of the molecule is Cc1ccc(N)c(SC2CCOC2)c1. The molecule has 0 bridgehead atoms. The predicted molar refractivity (Wildman–Crippen MR) is 60.7 cm³/mol. The summed E-state index contributed by atoms with van der Waals surface area (Å²) in [5.41, 5.74) is 8.05. The van der Waals surface area contributed by atoms with Crippen molar-refractivity contribution >= 4 is 17.4 Å². The molecule has 1 saturated heterocycles. The minimum Gasteiger partial charge on any atom is -0.398 e. The van der Waals surface area contributed by atoms with E-state index in [1.165, 1.54) is 10.5 Å². The summed E-state index contributed by atoms with van der Waals surface area (Å²) in [5, 5.41) is 0.582. The number of aryl methyl sites for hydroxylation is 1. The zero-order chi connectivity index (χ0) is 9.97. The lowest BCUT2D eigenvalue weighted by molar-refractivity contribution is 0.199. The van der Waals surface area contributed by atoms with Crippen molar-refractivity contribution in [3.63, 3.8) is 0 Å². The minimum atomic E-state index is 0.582. The zero-order valence-electron chi connectivity index (χ0n) is 8.32. The van der Waals surface area contributed by atoms with Crippen molar-refractivity contribution in [2.24, 2.45) is 0 Å². The molecule has 0 aliphatic carbocycles. The molecule has 0 aromatic heterocycles. The second kappa shape index (κ2) is 4.24. The summed E-state index contributed by atoms with van der Waals surface area (Å²) in [6.07, 6.45) is 1.14. The normalized spacial score (nSPS) is 21.4. The first-order chi connectivity index (χ1) is 6.75. The molecule has 0 radical (unpaired) electrons. The van der Waals surface area contributed by atoms with Gasteiger partial charge in [0.15, 0.2) is 0 Å². The first-order valence-electron chi connectivity index (χ1n) is 4.86. The van der Waals surface area contributed by atoms with Crippen LogP contribution in [0.25, 0.3) is 0 Å². The summed E-state index contributed by atoms with van der Waals surface area (Å²) < 4.78 is 5.34. The maximum Gasteiger partial charge on any atom is 0.0589 e. The molecule has 1 aliphatic rings. The molecule has 1 fully saturated rings. The van der Waals surface area contributed by atoms with Gasteiger partial charge in [0.1, 0.15) is 0 Å². The number of hydrogen-bond acceptors (Lipinski definition) is 3. The van der Waals surface area contributed by atoms with Gasteiger partial charge in [-0.2, -0.15) is 0 Å². The molecule has 76 valence electrons. The maximum absolute atomic E-state index is 5.91. The monoisotopic (exact) mass is 209 g/mol. The highest BCUT2D eigenvalue weighted by Crippen LogP contribution is 2.32. The van der Waals surface area contributed by atoms with Crippen LogP contribution in [0.5, 0.6) is 0 Å². The van der Waals surface area contributed by atoms with Crippen LogP contribution in [0.4, 0.5) is 5.69 Å². The number of rotatable bonds is 2. The molecular weight excluding hydrogens is 194 g/mol. The quantitative estimate of drug-likeness (QED) is 0.760. The average Bonchev–Trinajstić information content (AvgIpc) is 2.64. The third kappa shape index (κ3) is 2.22. The summed E-state index contributed by atoms with van der Waals surface area (Å²) in [7, 11) is 0. The van der Waals surface area contributed by atoms with Gasteiger partial charge in [-0.15, -0.1) is 11.8 Å². The number of hydrogen-bond donors (Lipinski definition) is 1. The van der Waals surface area contributed by atoms with Gasteiger partial charge in [-0.05, 0) is 31.0 Å². The molecule has 14 heavy (non-hydrogen) atoms. The van der Waals surface area contributed by atoms with Crippen molar-refractivity contribution in [2.75, 3.05) is 18.9 Å². The van der Waals surface area contributed by atoms with Crippen molar-refractivity contribution in [2.45, 2.75) is 23.5 Å². The number of ether oxygens (including phenoxy) is 1. The van der Waals surface area contributed by atoms with Crippen LogP contribution < -0.4 is 5.73 Å². The lowest BCUT2D eigenvalue weighted by Gasteiger charge is -2.10. The molecule has 3 heteroatoms. The predicted octanol–water partition coefficient (Wildman–Crippen LogP) is 2.46. The Morgan fingerprint density at radius 3 is 3.07 bits per heavy atom. The highest BCUT2D eigenvalue weighted by molar-refractivity contribution is 8.00. The lowest BCUT2D eigenvalue weighted by atomic mass is 10.2. The molecule has 1 aromatic carbocycles. The maximum atomic E-state index is 5.91. The Hall–Kier alpha value is -0.670. The van der Waals surface area contributed by atoms with Crippen LogP contribution in [0.3, 0.4) is 0 Å². The van der Waals surface area contributed by atoms with Crippen molar-refractivity contribution in [3.05, 3.63) is 23.8 Å². The van der Waals surface area contributed by atoms with Crippen LogP contribution in [0.15, 0.2) is 23.1 Å². The second-order valence-electron chi connectivity index (χ2n) is 3.64. The van der Waals surface area contributed by atoms with Crippen LogP contribution in [0.2, 0.25) is 0 Å². The summed E-state index contributed by atoms with van der Waals surface area (Å²) >= 11 is 1.84. The average molecular weight is 209 g/mol. The van der Waals surface area contributed by atoms with E-state index in [4.69, 9.17) is 10.5 Å². The molecule has 0 saturated carbocycles. The molecule has 0 amide bonds. The molecule has 1 atom stereocenters. The van der Waals surface area contributed by atoms with E-state index < -0.39 is 0 Å². The first kappa shape index (κ1) is 9.87. The van der Waals surface area contributed by atoms with E-state index in [1.54, 1.807) is 0 Å². The summed E-state index contributed by atoms with van der Waals surface area (Å²) in [5.74, 6) is 0. The summed E-state index contributed by atoms with van der Waals surface area (Å²) in [6, 6.07) is 6.18. The Kier molecular flexibility index (Phi) is 2.99. The van der Waals surface area contributed by atoms with Gasteiger partial charge < -0.3 is 10.5 Å². The molecule has 1 heterocycles. The van der Waals surface area contributed by atoms with Gasteiger partial charge in [0.05, 0.1) is 6.61 Å². The lowest BCUT2D eigenvalue weighted by Crippen LogP contribution is -2.01. The number of thioether (sulfide) groups is 1. The molecule has 1 unspecified atom stereocenters. The molecule has 1 aromatic rings. The number of benzene rings is 1. The Labute approximate surface area is 88.8 Å². The van der Waals surface area contributed by atoms with Gasteiger partial charge in [0.2, 0.25) is 0 Å². The molecule has 2 N–H and O–H groups in total. The van der Waals surface area contributed by atoms with Crippen LogP contribution in [0, 0.1) is 6.92 Å². The first-order valence-corrected chi connectivity index (χ1v) is 5.74. The largest absolute Gasteiger partial charge is 0.398 e. The van der Waals surface area contributed by atoms with Crippen molar-refractivity contribution < 1.29 is 4.74 Å². The fraction of sp³-hybridized carbons (Fsp3) is 0.455. The Bertz CT molecular complexity index is 321. The zero-order valence-corrected chi connectivity index (χ0v) is 9.14. The Morgan fingerprint density at radius 2 is 2.36 bits per heavy atom. The van der Waals surface area contributed by atoms with E-state index in [0.717, 1.165) is 25.3 Å². The highest BCUT2D eigenvalue weighted by atomic mass is 32.2. The van der Waals surface area contributed by atoms with E-state index in [0.29, 0.717) is 5.25 Å². The molecule has 1 aliphatic heterocycles. The third-order valence-corrected chi connectivity index (χ3v) is 3.66. The topological polar surface area (TPSA) is 35.2 Å². The van der Waals surface area contributed by atoms with E-state index in [2.05, 4.69) is 13.0 Å². The minimum absolute atomic E-state index is 0.582. The van der Waals surface area contributed by atoms with Gasteiger partial charge in [-0.25, -0.2) is 0 Å². The van der Waals surface area contributed by atoms with Gasteiger partial charge in [0, 0.05) is 22.4 Å². The number of nitrogen functional groups attached to an aromatic ring is 1. The Morgan fingerprint density at radius 1 is 1.50 bits per heavy atom. The van der Waals surface area contributed by atoms with Crippen molar-refractivity contribution in [3.8, 4) is 0 Å². The smallest absolute Gasteiger partial charge is 0.0589 e. The number of anilines is 1. The molecule has 2 nitrogen and oxygen atoms in total. The standard InChI is InChI=1S/C11H15NOS/c1-8-2-3-10(12)11(6-8)14-9-4-5-13-7-9/h2-3,6,9H,4-5,7,12H2,1H3. The molecule has 2 rings (SSSR count). The summed E-state index contributed by atoms with van der Waals surface area (Å²) in [6.45, 7) is 3.84. The summed E-state index contributed by atoms with van der Waals surface area (Å²) in [4.78, 5) is 1.19. The third-order valence-electron chi connectivity index (χ3n) is 2.35. The molecular formula is C11H15NOS. The second-order valence-corrected chi connectivity index (χ2v) is 4.99. The van der Waals surface area contributed by atoms with Crippen molar-refractivity contribution in [1.82, 2.24) is 0 Å². The van der Waals surface area contributed by atoms with Gasteiger partial charge in [-0.1, -0.05) is 6.07 Å². The molecule has 0 spiro atoms. The Balaban J connectivity index is 2.10. The van der Waals surface area contributed by atoms with Gasteiger partial charge in [-0.3, -0.25) is 0 Å². The van der Waals surface area contributed by atoms with E-state index in [9.17, 15) is 0 Å².